The fourth-order valence-electron chi connectivity index (χ4n) is 1.60. The van der Waals surface area contributed by atoms with Crippen LogP contribution in [-0.2, 0) is 14.3 Å². The lowest BCUT2D eigenvalue weighted by atomic mass is 10.2. The molecule has 0 saturated heterocycles. The molecule has 0 aliphatic heterocycles. The lowest BCUT2D eigenvalue weighted by Crippen LogP contribution is -2.34. The maximum atomic E-state index is 12.1. The van der Waals surface area contributed by atoms with Gasteiger partial charge in [0.15, 0.2) is 0 Å². The third-order valence-electron chi connectivity index (χ3n) is 2.46. The summed E-state index contributed by atoms with van der Waals surface area (Å²) in [6, 6.07) is 13.9. The molecule has 1 heterocycles. The van der Waals surface area contributed by atoms with Gasteiger partial charge in [0.05, 0.1) is 12.8 Å². The van der Waals surface area contributed by atoms with Crippen molar-refractivity contribution in [2.45, 2.75) is 0 Å². The number of pyridine rings is 1. The van der Waals surface area contributed by atoms with E-state index in [0.717, 1.165) is 0 Å². The van der Waals surface area contributed by atoms with Crippen LogP contribution in [0.25, 0.3) is 0 Å². The molecule has 0 unspecified atom stereocenters. The molecule has 0 radical (unpaired) electrons. The molecule has 0 bridgehead atoms. The first-order chi connectivity index (χ1) is 9.24. The molecule has 19 heavy (non-hydrogen) atoms. The Morgan fingerprint density at radius 1 is 1.05 bits per heavy atom. The van der Waals surface area contributed by atoms with E-state index in [1.807, 2.05) is 6.07 Å². The standard InChI is InChI=1S/C14H12N2O3/c1-19-14(18)13(17)16(11-7-3-2-4-8-11)12-9-5-6-10-15-12/h2-10H,1H3. The smallest absolute Gasteiger partial charge is 0.397 e. The van der Waals surface area contributed by atoms with Crippen molar-refractivity contribution in [2.24, 2.45) is 0 Å². The summed E-state index contributed by atoms with van der Waals surface area (Å²) in [4.78, 5) is 28.8. The van der Waals surface area contributed by atoms with Crippen LogP contribution in [0.3, 0.4) is 0 Å². The number of esters is 1. The zero-order valence-electron chi connectivity index (χ0n) is 10.3. The molecule has 96 valence electrons. The number of benzene rings is 1. The zero-order valence-corrected chi connectivity index (χ0v) is 10.3. The van der Waals surface area contributed by atoms with Gasteiger partial charge in [-0.05, 0) is 24.3 Å². The van der Waals surface area contributed by atoms with Crippen molar-refractivity contribution in [3.05, 3.63) is 54.7 Å². The summed E-state index contributed by atoms with van der Waals surface area (Å²) in [7, 11) is 1.17. The van der Waals surface area contributed by atoms with Crippen LogP contribution in [0.15, 0.2) is 54.7 Å². The van der Waals surface area contributed by atoms with E-state index in [4.69, 9.17) is 0 Å². The molecule has 5 heteroatoms. The van der Waals surface area contributed by atoms with Crippen LogP contribution in [0.1, 0.15) is 0 Å². The Labute approximate surface area is 110 Å². The van der Waals surface area contributed by atoms with Gasteiger partial charge in [-0.15, -0.1) is 0 Å². The first-order valence-corrected chi connectivity index (χ1v) is 5.62. The summed E-state index contributed by atoms with van der Waals surface area (Å²) in [5.41, 5.74) is 0.552. The number of aromatic nitrogens is 1. The number of carbonyl (C=O) groups excluding carboxylic acids is 2. The third kappa shape index (κ3) is 2.77. The molecule has 0 aliphatic carbocycles. The second kappa shape index (κ2) is 5.77. The number of hydrogen-bond acceptors (Lipinski definition) is 4. The Bertz CT molecular complexity index is 530. The number of hydrogen-bond donors (Lipinski definition) is 0. The molecule has 0 aliphatic rings. The Morgan fingerprint density at radius 2 is 1.74 bits per heavy atom. The van der Waals surface area contributed by atoms with E-state index in [-0.39, 0.29) is 0 Å². The van der Waals surface area contributed by atoms with Crippen LogP contribution in [0.5, 0.6) is 0 Å². The zero-order chi connectivity index (χ0) is 13.7. The Morgan fingerprint density at radius 3 is 2.32 bits per heavy atom. The molecule has 2 rings (SSSR count). The topological polar surface area (TPSA) is 59.5 Å². The van der Waals surface area contributed by atoms with Gasteiger partial charge >= 0.3 is 11.9 Å². The summed E-state index contributed by atoms with van der Waals surface area (Å²) >= 11 is 0. The van der Waals surface area contributed by atoms with E-state index >= 15 is 0 Å². The molecule has 1 aromatic heterocycles. The van der Waals surface area contributed by atoms with E-state index < -0.39 is 11.9 Å². The van der Waals surface area contributed by atoms with E-state index in [9.17, 15) is 9.59 Å². The van der Waals surface area contributed by atoms with Gasteiger partial charge in [-0.3, -0.25) is 9.69 Å². The fraction of sp³-hybridized carbons (Fsp3) is 0.0714. The summed E-state index contributed by atoms with van der Waals surface area (Å²) in [6.45, 7) is 0. The molecule has 2 aromatic rings. The number of amides is 1. The monoisotopic (exact) mass is 256 g/mol. The molecule has 1 aromatic carbocycles. The van der Waals surface area contributed by atoms with E-state index in [1.54, 1.807) is 48.7 Å². The molecule has 0 saturated carbocycles. The van der Waals surface area contributed by atoms with Gasteiger partial charge in [-0.2, -0.15) is 0 Å². The van der Waals surface area contributed by atoms with Crippen molar-refractivity contribution < 1.29 is 14.3 Å². The normalized spacial score (nSPS) is 9.74. The first-order valence-electron chi connectivity index (χ1n) is 5.62. The number of rotatable bonds is 2. The largest absolute Gasteiger partial charge is 0.462 e. The van der Waals surface area contributed by atoms with Crippen molar-refractivity contribution in [2.75, 3.05) is 12.0 Å². The van der Waals surface area contributed by atoms with Crippen LogP contribution in [0.2, 0.25) is 0 Å². The molecular formula is C14H12N2O3. The number of carbonyl (C=O) groups is 2. The van der Waals surface area contributed by atoms with Crippen LogP contribution in [-0.4, -0.2) is 24.0 Å². The number of nitrogens with zero attached hydrogens (tertiary/aromatic N) is 2. The van der Waals surface area contributed by atoms with Gasteiger partial charge in [0.25, 0.3) is 0 Å². The molecular weight excluding hydrogens is 244 g/mol. The average molecular weight is 256 g/mol. The third-order valence-corrected chi connectivity index (χ3v) is 2.46. The van der Waals surface area contributed by atoms with Gasteiger partial charge < -0.3 is 4.74 Å². The Kier molecular flexibility index (Phi) is 3.87. The molecule has 0 N–H and O–H groups in total. The van der Waals surface area contributed by atoms with Crippen LogP contribution < -0.4 is 4.90 Å². The summed E-state index contributed by atoms with van der Waals surface area (Å²) < 4.78 is 4.48. The van der Waals surface area contributed by atoms with Gasteiger partial charge in [0.1, 0.15) is 5.82 Å². The Hall–Kier alpha value is -2.69. The van der Waals surface area contributed by atoms with Crippen molar-refractivity contribution in [3.63, 3.8) is 0 Å². The highest BCUT2D eigenvalue weighted by molar-refractivity contribution is 6.39. The van der Waals surface area contributed by atoms with Crippen LogP contribution in [0, 0.1) is 0 Å². The van der Waals surface area contributed by atoms with Crippen molar-refractivity contribution in [1.82, 2.24) is 4.98 Å². The molecule has 1 amide bonds. The summed E-state index contributed by atoms with van der Waals surface area (Å²) in [5, 5.41) is 0. The predicted octanol–water partition coefficient (Wildman–Crippen LogP) is 1.92. The van der Waals surface area contributed by atoms with E-state index in [0.29, 0.717) is 11.5 Å². The number of para-hydroxylation sites is 1. The highest BCUT2D eigenvalue weighted by atomic mass is 16.5. The lowest BCUT2D eigenvalue weighted by molar-refractivity contribution is -0.151. The van der Waals surface area contributed by atoms with E-state index in [2.05, 4.69) is 9.72 Å². The van der Waals surface area contributed by atoms with Crippen molar-refractivity contribution in [3.8, 4) is 0 Å². The SMILES string of the molecule is COC(=O)C(=O)N(c1ccccc1)c1ccccn1. The number of anilines is 2. The lowest BCUT2D eigenvalue weighted by Gasteiger charge is -2.20. The second-order valence-corrected chi connectivity index (χ2v) is 3.66. The van der Waals surface area contributed by atoms with Gasteiger partial charge in [-0.1, -0.05) is 24.3 Å². The maximum Gasteiger partial charge on any atom is 0.397 e. The maximum absolute atomic E-state index is 12.1. The minimum atomic E-state index is -0.936. The minimum absolute atomic E-state index is 0.365. The molecule has 0 fully saturated rings. The van der Waals surface area contributed by atoms with Gasteiger partial charge in [0.2, 0.25) is 0 Å². The summed E-state index contributed by atoms with van der Waals surface area (Å²) in [5.74, 6) is -1.36. The molecule has 0 atom stereocenters. The number of methoxy groups -OCH3 is 1. The highest BCUT2D eigenvalue weighted by Crippen LogP contribution is 2.23. The fourth-order valence-corrected chi connectivity index (χ4v) is 1.60. The van der Waals surface area contributed by atoms with Crippen molar-refractivity contribution in [1.29, 1.82) is 0 Å². The quantitative estimate of drug-likeness (QED) is 0.608. The second-order valence-electron chi connectivity index (χ2n) is 3.66. The Balaban J connectivity index is 2.46. The molecule has 0 spiro atoms. The molecule has 5 nitrogen and oxygen atoms in total. The average Bonchev–Trinajstić information content (AvgIpc) is 2.49. The summed E-state index contributed by atoms with van der Waals surface area (Å²) in [6.07, 6.45) is 1.55. The first kappa shape index (κ1) is 12.8. The van der Waals surface area contributed by atoms with E-state index in [1.165, 1.54) is 12.0 Å². The highest BCUT2D eigenvalue weighted by Gasteiger charge is 2.26. The minimum Gasteiger partial charge on any atom is -0.462 e. The van der Waals surface area contributed by atoms with Gasteiger partial charge in [0, 0.05) is 6.20 Å². The predicted molar refractivity (Wildman–Crippen MR) is 69.8 cm³/mol. The number of ether oxygens (including phenoxy) is 1. The van der Waals surface area contributed by atoms with Gasteiger partial charge in [-0.25, -0.2) is 9.78 Å². The van der Waals surface area contributed by atoms with Crippen molar-refractivity contribution >= 4 is 23.4 Å². The van der Waals surface area contributed by atoms with Crippen LogP contribution >= 0.6 is 0 Å². The van der Waals surface area contributed by atoms with Crippen LogP contribution in [0.4, 0.5) is 11.5 Å².